The lowest BCUT2D eigenvalue weighted by Gasteiger charge is -2.31. The molecule has 1 N–H and O–H groups in total. The van der Waals surface area contributed by atoms with Crippen LogP contribution in [0.15, 0.2) is 18.2 Å². The van der Waals surface area contributed by atoms with Gasteiger partial charge >= 0.3 is 6.18 Å². The first-order valence-corrected chi connectivity index (χ1v) is 9.27. The Labute approximate surface area is 162 Å². The number of carbonyl (C=O) groups is 1. The van der Waals surface area contributed by atoms with Crippen LogP contribution in [0.5, 0.6) is 11.5 Å². The van der Waals surface area contributed by atoms with Crippen molar-refractivity contribution < 1.29 is 32.2 Å². The van der Waals surface area contributed by atoms with Gasteiger partial charge in [-0.2, -0.15) is 13.2 Å². The summed E-state index contributed by atoms with van der Waals surface area (Å²) in [5.41, 5.74) is 0.385. The van der Waals surface area contributed by atoms with E-state index in [0.29, 0.717) is 24.6 Å². The highest BCUT2D eigenvalue weighted by Gasteiger charge is 2.29. The van der Waals surface area contributed by atoms with E-state index in [-0.39, 0.29) is 24.3 Å². The predicted molar refractivity (Wildman–Crippen MR) is 99.0 cm³/mol. The average Bonchev–Trinajstić information content (AvgIpc) is 2.65. The molecule has 1 aromatic rings. The zero-order valence-corrected chi connectivity index (χ0v) is 16.2. The number of halogens is 3. The summed E-state index contributed by atoms with van der Waals surface area (Å²) < 4.78 is 53.0. The fraction of sp³-hybridized carbons (Fsp3) is 0.632. The van der Waals surface area contributed by atoms with Gasteiger partial charge in [0.2, 0.25) is 5.91 Å². The van der Waals surface area contributed by atoms with Gasteiger partial charge in [0, 0.05) is 32.7 Å². The van der Waals surface area contributed by atoms with Gasteiger partial charge in [0.1, 0.15) is 18.1 Å². The maximum atomic E-state index is 12.5. The van der Waals surface area contributed by atoms with Gasteiger partial charge < -0.3 is 24.4 Å². The number of ether oxygens (including phenoxy) is 3. The van der Waals surface area contributed by atoms with E-state index in [9.17, 15) is 18.0 Å². The lowest BCUT2D eigenvalue weighted by molar-refractivity contribution is -0.153. The molecule has 1 unspecified atom stereocenters. The molecule has 0 aromatic heterocycles. The summed E-state index contributed by atoms with van der Waals surface area (Å²) in [4.78, 5) is 13.8. The van der Waals surface area contributed by atoms with Gasteiger partial charge in [0.15, 0.2) is 6.61 Å². The lowest BCUT2D eigenvalue weighted by Crippen LogP contribution is -2.45. The molecule has 6 nitrogen and oxygen atoms in total. The Hall–Kier alpha value is -2.00. The van der Waals surface area contributed by atoms with Crippen LogP contribution in [-0.4, -0.2) is 58.1 Å². The van der Waals surface area contributed by atoms with Crippen molar-refractivity contribution in [3.8, 4) is 11.5 Å². The van der Waals surface area contributed by atoms with Crippen LogP contribution in [0.2, 0.25) is 0 Å². The van der Waals surface area contributed by atoms with Crippen molar-refractivity contribution >= 4 is 11.6 Å². The van der Waals surface area contributed by atoms with Gasteiger partial charge in [-0.05, 0) is 31.5 Å². The van der Waals surface area contributed by atoms with Crippen LogP contribution in [0, 0.1) is 0 Å². The molecule has 0 aliphatic carbocycles. The SMILES string of the molecule is COCCOc1ccc(OCC(F)(F)F)cc1N(CC1CCCCN1)C(C)=O. The number of carbonyl (C=O) groups excluding carboxylic acids is 1. The Morgan fingerprint density at radius 1 is 1.25 bits per heavy atom. The number of anilines is 1. The maximum absolute atomic E-state index is 12.5. The zero-order valence-electron chi connectivity index (χ0n) is 16.2. The van der Waals surface area contributed by atoms with Crippen LogP contribution >= 0.6 is 0 Å². The first-order valence-electron chi connectivity index (χ1n) is 9.27. The number of piperidine rings is 1. The van der Waals surface area contributed by atoms with Crippen LogP contribution in [0.25, 0.3) is 0 Å². The zero-order chi connectivity index (χ0) is 20.6. The number of rotatable bonds is 9. The summed E-state index contributed by atoms with van der Waals surface area (Å²) in [6.45, 7) is 1.89. The molecule has 2 rings (SSSR count). The molecular formula is C19H27F3N2O4. The number of hydrogen-bond acceptors (Lipinski definition) is 5. The van der Waals surface area contributed by atoms with E-state index < -0.39 is 12.8 Å². The third-order valence-electron chi connectivity index (χ3n) is 4.36. The Morgan fingerprint density at radius 2 is 2.04 bits per heavy atom. The molecule has 1 aromatic carbocycles. The van der Waals surface area contributed by atoms with Gasteiger partial charge in [0.05, 0.1) is 12.3 Å². The Bertz CT molecular complexity index is 634. The van der Waals surface area contributed by atoms with E-state index in [1.807, 2.05) is 0 Å². The fourth-order valence-corrected chi connectivity index (χ4v) is 3.02. The molecule has 1 atom stereocenters. The lowest BCUT2D eigenvalue weighted by atomic mass is 10.0. The van der Waals surface area contributed by atoms with Gasteiger partial charge in [0.25, 0.3) is 0 Å². The average molecular weight is 404 g/mol. The number of amides is 1. The van der Waals surface area contributed by atoms with Crippen molar-refractivity contribution in [3.05, 3.63) is 18.2 Å². The highest BCUT2D eigenvalue weighted by molar-refractivity contribution is 5.93. The van der Waals surface area contributed by atoms with Crippen LogP contribution in [-0.2, 0) is 9.53 Å². The molecule has 0 spiro atoms. The minimum atomic E-state index is -4.44. The van der Waals surface area contributed by atoms with Gasteiger partial charge in [-0.15, -0.1) is 0 Å². The molecule has 0 radical (unpaired) electrons. The normalized spacial score (nSPS) is 17.2. The summed E-state index contributed by atoms with van der Waals surface area (Å²) in [7, 11) is 1.54. The number of benzene rings is 1. The van der Waals surface area contributed by atoms with Crippen LogP contribution in [0.3, 0.4) is 0 Å². The number of alkyl halides is 3. The van der Waals surface area contributed by atoms with E-state index in [1.54, 1.807) is 0 Å². The molecule has 1 amide bonds. The number of nitrogens with one attached hydrogen (secondary N) is 1. The van der Waals surface area contributed by atoms with Crippen molar-refractivity contribution in [2.24, 2.45) is 0 Å². The molecule has 1 fully saturated rings. The monoisotopic (exact) mass is 404 g/mol. The Kier molecular flexibility index (Phi) is 8.37. The maximum Gasteiger partial charge on any atom is 0.422 e. The number of nitrogens with zero attached hydrogens (tertiary/aromatic N) is 1. The molecule has 9 heteroatoms. The predicted octanol–water partition coefficient (Wildman–Crippen LogP) is 3.15. The van der Waals surface area contributed by atoms with E-state index >= 15 is 0 Å². The summed E-state index contributed by atoms with van der Waals surface area (Å²) in [6.07, 6.45) is -1.37. The summed E-state index contributed by atoms with van der Waals surface area (Å²) in [5.74, 6) is 0.189. The molecule has 1 heterocycles. The quantitative estimate of drug-likeness (QED) is 0.641. The third-order valence-corrected chi connectivity index (χ3v) is 4.36. The van der Waals surface area contributed by atoms with Crippen LogP contribution < -0.4 is 19.7 Å². The molecule has 1 aliphatic rings. The summed E-state index contributed by atoms with van der Waals surface area (Å²) in [5, 5.41) is 3.37. The topological polar surface area (TPSA) is 60.0 Å². The minimum Gasteiger partial charge on any atom is -0.489 e. The van der Waals surface area contributed by atoms with Gasteiger partial charge in [-0.1, -0.05) is 6.42 Å². The largest absolute Gasteiger partial charge is 0.489 e. The second-order valence-corrected chi connectivity index (χ2v) is 6.65. The third kappa shape index (κ3) is 7.20. The number of methoxy groups -OCH3 is 1. The molecule has 28 heavy (non-hydrogen) atoms. The first kappa shape index (κ1) is 22.3. The molecule has 1 aliphatic heterocycles. The van der Waals surface area contributed by atoms with Crippen LogP contribution in [0.4, 0.5) is 18.9 Å². The fourth-order valence-electron chi connectivity index (χ4n) is 3.02. The molecule has 0 bridgehead atoms. The van der Waals surface area contributed by atoms with Crippen molar-refractivity contribution in [2.45, 2.75) is 38.4 Å². The summed E-state index contributed by atoms with van der Waals surface area (Å²) >= 11 is 0. The molecule has 1 saturated heterocycles. The van der Waals surface area contributed by atoms with Crippen molar-refractivity contribution in [1.82, 2.24) is 5.32 Å². The smallest absolute Gasteiger partial charge is 0.422 e. The molecule has 158 valence electrons. The Morgan fingerprint density at radius 3 is 2.64 bits per heavy atom. The molecular weight excluding hydrogens is 377 g/mol. The number of hydrogen-bond donors (Lipinski definition) is 1. The van der Waals surface area contributed by atoms with Crippen molar-refractivity contribution in [2.75, 3.05) is 44.9 Å². The van der Waals surface area contributed by atoms with E-state index in [2.05, 4.69) is 5.32 Å². The van der Waals surface area contributed by atoms with E-state index in [1.165, 1.54) is 37.1 Å². The second kappa shape index (κ2) is 10.5. The highest BCUT2D eigenvalue weighted by Crippen LogP contribution is 2.34. The standard InChI is InChI=1S/C19H27F3N2O4/c1-14(25)24(12-15-5-3-4-8-23-15)17-11-16(28-13-19(20,21)22)6-7-18(17)27-10-9-26-2/h6-7,11,15,23H,3-5,8-10,12-13H2,1-2H3. The summed E-state index contributed by atoms with van der Waals surface area (Å²) in [6, 6.07) is 4.44. The van der Waals surface area contributed by atoms with E-state index in [0.717, 1.165) is 25.8 Å². The van der Waals surface area contributed by atoms with E-state index in [4.69, 9.17) is 14.2 Å². The van der Waals surface area contributed by atoms with Crippen molar-refractivity contribution in [3.63, 3.8) is 0 Å². The molecule has 0 saturated carbocycles. The van der Waals surface area contributed by atoms with Gasteiger partial charge in [-0.3, -0.25) is 4.79 Å². The second-order valence-electron chi connectivity index (χ2n) is 6.65. The highest BCUT2D eigenvalue weighted by atomic mass is 19.4. The van der Waals surface area contributed by atoms with Gasteiger partial charge in [-0.25, -0.2) is 0 Å². The van der Waals surface area contributed by atoms with Crippen LogP contribution in [0.1, 0.15) is 26.2 Å². The Balaban J connectivity index is 2.25. The first-order chi connectivity index (χ1) is 13.3. The minimum absolute atomic E-state index is 0.0225. The van der Waals surface area contributed by atoms with Crippen molar-refractivity contribution in [1.29, 1.82) is 0 Å².